The lowest BCUT2D eigenvalue weighted by atomic mass is 9.95. The highest BCUT2D eigenvalue weighted by molar-refractivity contribution is 9.10. The molecule has 2 atom stereocenters. The number of halogens is 1. The Kier molecular flexibility index (Phi) is 3.05. The van der Waals surface area contributed by atoms with Crippen molar-refractivity contribution in [3.63, 3.8) is 0 Å². The van der Waals surface area contributed by atoms with Gasteiger partial charge in [-0.15, -0.1) is 0 Å². The first-order chi connectivity index (χ1) is 10.2. The number of aliphatic hydroxyl groups is 1. The predicted octanol–water partition coefficient (Wildman–Crippen LogP) is 3.74. The largest absolute Gasteiger partial charge is 0.485 e. The quantitative estimate of drug-likeness (QED) is 0.852. The number of benzene rings is 2. The van der Waals surface area contributed by atoms with E-state index in [0.29, 0.717) is 12.2 Å². The van der Waals surface area contributed by atoms with Crippen molar-refractivity contribution in [1.82, 2.24) is 0 Å². The van der Waals surface area contributed by atoms with Crippen molar-refractivity contribution in [2.45, 2.75) is 18.6 Å². The van der Waals surface area contributed by atoms with Crippen molar-refractivity contribution >= 4 is 15.9 Å². The van der Waals surface area contributed by atoms with Crippen molar-refractivity contribution in [3.8, 4) is 17.2 Å². The monoisotopic (exact) mass is 348 g/mol. The number of aliphatic hydroxyl groups excluding tert-OH is 1. The fourth-order valence-electron chi connectivity index (χ4n) is 2.73. The first-order valence-electron chi connectivity index (χ1n) is 6.74. The van der Waals surface area contributed by atoms with Gasteiger partial charge in [-0.25, -0.2) is 0 Å². The fourth-order valence-corrected chi connectivity index (χ4v) is 3.07. The maximum Gasteiger partial charge on any atom is 0.231 e. The average Bonchev–Trinajstić information content (AvgIpc) is 2.94. The van der Waals surface area contributed by atoms with Crippen LogP contribution in [0, 0.1) is 0 Å². The van der Waals surface area contributed by atoms with E-state index in [1.165, 1.54) is 0 Å². The third-order valence-corrected chi connectivity index (χ3v) is 4.30. The molecule has 0 spiro atoms. The van der Waals surface area contributed by atoms with Gasteiger partial charge in [0.15, 0.2) is 11.5 Å². The minimum atomic E-state index is -0.530. The highest BCUT2D eigenvalue weighted by Gasteiger charge is 2.29. The Morgan fingerprint density at radius 1 is 1.00 bits per heavy atom. The van der Waals surface area contributed by atoms with E-state index in [1.807, 2.05) is 36.4 Å². The summed E-state index contributed by atoms with van der Waals surface area (Å²) in [6, 6.07) is 11.4. The molecule has 2 aromatic carbocycles. The van der Waals surface area contributed by atoms with E-state index in [2.05, 4.69) is 15.9 Å². The van der Waals surface area contributed by atoms with Gasteiger partial charge in [0, 0.05) is 16.5 Å². The standard InChI is InChI=1S/C16H13BrO4/c17-10-2-3-11-12(18)7-14(21-15(11)6-10)9-1-4-13-16(5-9)20-8-19-13/h1-6,12,14,18H,7-8H2. The summed E-state index contributed by atoms with van der Waals surface area (Å²) in [7, 11) is 0. The molecule has 2 unspecified atom stereocenters. The molecule has 0 saturated carbocycles. The summed E-state index contributed by atoms with van der Waals surface area (Å²) in [6.45, 7) is 0.253. The maximum absolute atomic E-state index is 10.3. The van der Waals surface area contributed by atoms with Crippen LogP contribution in [0.15, 0.2) is 40.9 Å². The summed E-state index contributed by atoms with van der Waals surface area (Å²) in [5.74, 6) is 2.19. The molecule has 108 valence electrons. The average molecular weight is 349 g/mol. The Labute approximate surface area is 130 Å². The smallest absolute Gasteiger partial charge is 0.231 e. The van der Waals surface area contributed by atoms with Gasteiger partial charge in [-0.05, 0) is 29.8 Å². The zero-order chi connectivity index (χ0) is 14.4. The molecular weight excluding hydrogens is 336 g/mol. The van der Waals surface area contributed by atoms with Gasteiger partial charge in [0.1, 0.15) is 11.9 Å². The highest BCUT2D eigenvalue weighted by Crippen LogP contribution is 2.43. The maximum atomic E-state index is 10.3. The zero-order valence-corrected chi connectivity index (χ0v) is 12.7. The van der Waals surface area contributed by atoms with Crippen LogP contribution >= 0.6 is 15.9 Å². The SMILES string of the molecule is OC1CC(c2ccc3c(c2)OCO3)Oc2cc(Br)ccc21. The normalized spacial score (nSPS) is 22.6. The Bertz CT molecular complexity index is 701. The molecule has 0 radical (unpaired) electrons. The summed E-state index contributed by atoms with van der Waals surface area (Å²) in [5, 5.41) is 10.3. The van der Waals surface area contributed by atoms with Gasteiger partial charge in [-0.2, -0.15) is 0 Å². The molecule has 21 heavy (non-hydrogen) atoms. The van der Waals surface area contributed by atoms with Crippen LogP contribution in [-0.2, 0) is 0 Å². The zero-order valence-electron chi connectivity index (χ0n) is 11.1. The highest BCUT2D eigenvalue weighted by atomic mass is 79.9. The molecule has 0 aliphatic carbocycles. The Balaban J connectivity index is 1.68. The van der Waals surface area contributed by atoms with Crippen LogP contribution in [0.1, 0.15) is 29.8 Å². The number of ether oxygens (including phenoxy) is 3. The van der Waals surface area contributed by atoms with E-state index < -0.39 is 6.10 Å². The molecule has 0 amide bonds. The van der Waals surface area contributed by atoms with Gasteiger partial charge in [-0.1, -0.05) is 28.1 Å². The number of rotatable bonds is 1. The summed E-state index contributed by atoms with van der Waals surface area (Å²) >= 11 is 3.43. The Morgan fingerprint density at radius 3 is 2.76 bits per heavy atom. The molecule has 0 saturated heterocycles. The second-order valence-corrected chi connectivity index (χ2v) is 6.07. The molecule has 2 aliphatic heterocycles. The van der Waals surface area contributed by atoms with Gasteiger partial charge < -0.3 is 19.3 Å². The number of fused-ring (bicyclic) bond motifs is 2. The topological polar surface area (TPSA) is 47.9 Å². The molecule has 2 heterocycles. The lowest BCUT2D eigenvalue weighted by Crippen LogP contribution is -2.19. The lowest BCUT2D eigenvalue weighted by molar-refractivity contribution is 0.0655. The molecule has 2 aromatic rings. The van der Waals surface area contributed by atoms with Crippen molar-refractivity contribution < 1.29 is 19.3 Å². The molecule has 5 heteroatoms. The minimum Gasteiger partial charge on any atom is -0.485 e. The number of hydrogen-bond acceptors (Lipinski definition) is 4. The molecule has 0 fully saturated rings. The van der Waals surface area contributed by atoms with Gasteiger partial charge in [0.25, 0.3) is 0 Å². The fraction of sp³-hybridized carbons (Fsp3) is 0.250. The molecule has 1 N–H and O–H groups in total. The second-order valence-electron chi connectivity index (χ2n) is 5.15. The van der Waals surface area contributed by atoms with Gasteiger partial charge in [-0.3, -0.25) is 0 Å². The minimum absolute atomic E-state index is 0.198. The van der Waals surface area contributed by atoms with Crippen LogP contribution in [-0.4, -0.2) is 11.9 Å². The van der Waals surface area contributed by atoms with Crippen molar-refractivity contribution in [2.75, 3.05) is 6.79 Å². The Morgan fingerprint density at radius 2 is 1.86 bits per heavy atom. The predicted molar refractivity (Wildman–Crippen MR) is 79.7 cm³/mol. The van der Waals surface area contributed by atoms with Crippen LogP contribution in [0.3, 0.4) is 0 Å². The molecular formula is C16H13BrO4. The third kappa shape index (κ3) is 2.26. The summed E-state index contributed by atoms with van der Waals surface area (Å²) < 4.78 is 17.7. The molecule has 2 aliphatic rings. The van der Waals surface area contributed by atoms with E-state index in [-0.39, 0.29) is 12.9 Å². The molecule has 0 bridgehead atoms. The number of hydrogen-bond donors (Lipinski definition) is 1. The summed E-state index contributed by atoms with van der Waals surface area (Å²) in [4.78, 5) is 0. The van der Waals surface area contributed by atoms with E-state index in [9.17, 15) is 5.11 Å². The second kappa shape index (κ2) is 4.93. The van der Waals surface area contributed by atoms with Crippen LogP contribution < -0.4 is 14.2 Å². The van der Waals surface area contributed by atoms with Crippen LogP contribution in [0.25, 0.3) is 0 Å². The lowest BCUT2D eigenvalue weighted by Gasteiger charge is -2.30. The van der Waals surface area contributed by atoms with Gasteiger partial charge >= 0.3 is 0 Å². The van der Waals surface area contributed by atoms with Gasteiger partial charge in [0.2, 0.25) is 6.79 Å². The van der Waals surface area contributed by atoms with Crippen LogP contribution in [0.4, 0.5) is 0 Å². The van der Waals surface area contributed by atoms with Crippen molar-refractivity contribution in [3.05, 3.63) is 52.0 Å². The summed E-state index contributed by atoms with van der Waals surface area (Å²) in [6.07, 6.45) is -0.206. The van der Waals surface area contributed by atoms with Crippen molar-refractivity contribution in [1.29, 1.82) is 0 Å². The van der Waals surface area contributed by atoms with E-state index in [4.69, 9.17) is 14.2 Å². The summed E-state index contributed by atoms with van der Waals surface area (Å²) in [5.41, 5.74) is 1.80. The third-order valence-electron chi connectivity index (χ3n) is 3.81. The molecule has 0 aromatic heterocycles. The first-order valence-corrected chi connectivity index (χ1v) is 7.54. The van der Waals surface area contributed by atoms with Crippen LogP contribution in [0.2, 0.25) is 0 Å². The molecule has 4 nitrogen and oxygen atoms in total. The first kappa shape index (κ1) is 13.0. The van der Waals surface area contributed by atoms with Gasteiger partial charge in [0.05, 0.1) is 6.10 Å². The van der Waals surface area contributed by atoms with Crippen LogP contribution in [0.5, 0.6) is 17.2 Å². The molecule has 4 rings (SSSR count). The van der Waals surface area contributed by atoms with E-state index in [1.54, 1.807) is 0 Å². The van der Waals surface area contributed by atoms with E-state index in [0.717, 1.165) is 27.1 Å². The van der Waals surface area contributed by atoms with E-state index >= 15 is 0 Å². The van der Waals surface area contributed by atoms with Crippen molar-refractivity contribution in [2.24, 2.45) is 0 Å². The Hall–Kier alpha value is -1.72.